The third kappa shape index (κ3) is 4.95. The number of halogens is 1. The largest absolute Gasteiger partial charge is 0.294 e. The van der Waals surface area contributed by atoms with Crippen LogP contribution in [-0.2, 0) is 4.79 Å². The molecule has 0 radical (unpaired) electrons. The quantitative estimate of drug-likeness (QED) is 0.380. The van der Waals surface area contributed by atoms with E-state index in [4.69, 9.17) is 16.7 Å². The van der Waals surface area contributed by atoms with Gasteiger partial charge in [0, 0.05) is 23.4 Å². The van der Waals surface area contributed by atoms with Crippen molar-refractivity contribution in [2.45, 2.75) is 38.0 Å². The molecule has 0 saturated carbocycles. The summed E-state index contributed by atoms with van der Waals surface area (Å²) in [5.41, 5.74) is 5.59. The first-order chi connectivity index (χ1) is 16.9. The van der Waals surface area contributed by atoms with Gasteiger partial charge in [0.25, 0.3) is 5.91 Å². The number of hydrogen-bond donors (Lipinski definition) is 0. The Labute approximate surface area is 213 Å². The molecule has 5 rings (SSSR count). The van der Waals surface area contributed by atoms with Crippen LogP contribution in [0.15, 0.2) is 82.9 Å². The van der Waals surface area contributed by atoms with Gasteiger partial charge in [-0.25, -0.2) is 5.01 Å². The van der Waals surface area contributed by atoms with Crippen LogP contribution in [0.3, 0.4) is 0 Å². The molecule has 2 aliphatic heterocycles. The Bertz CT molecular complexity index is 1350. The number of rotatable bonds is 5. The highest BCUT2D eigenvalue weighted by Crippen LogP contribution is 2.39. The highest BCUT2D eigenvalue weighted by Gasteiger charge is 2.39. The van der Waals surface area contributed by atoms with E-state index in [1.807, 2.05) is 91.7 Å². The van der Waals surface area contributed by atoms with E-state index in [9.17, 15) is 9.59 Å². The maximum Gasteiger partial charge on any atom is 0.262 e. The number of aryl methyl sites for hydroxylation is 2. The summed E-state index contributed by atoms with van der Waals surface area (Å²) in [5, 5.41) is 7.34. The average Bonchev–Trinajstić information content (AvgIpc) is 3.46. The molecule has 35 heavy (non-hydrogen) atoms. The van der Waals surface area contributed by atoms with E-state index in [0.717, 1.165) is 28.0 Å². The van der Waals surface area contributed by atoms with Crippen LogP contribution < -0.4 is 0 Å². The number of ketones is 1. The Morgan fingerprint density at radius 3 is 2.54 bits per heavy atom. The monoisotopic (exact) mass is 501 g/mol. The Morgan fingerprint density at radius 1 is 1.06 bits per heavy atom. The van der Waals surface area contributed by atoms with Gasteiger partial charge in [-0.05, 0) is 48.7 Å². The number of amides is 1. The molecule has 3 aromatic rings. The topological polar surface area (TPSA) is 62.1 Å². The van der Waals surface area contributed by atoms with E-state index in [-0.39, 0.29) is 24.2 Å². The van der Waals surface area contributed by atoms with Crippen molar-refractivity contribution in [3.8, 4) is 0 Å². The predicted molar refractivity (Wildman–Crippen MR) is 142 cm³/mol. The van der Waals surface area contributed by atoms with Gasteiger partial charge in [-0.2, -0.15) is 10.1 Å². The SMILES string of the molecule is Cc1ccc(C)c(C(=O)C[C@@H]2SC(N3N=C(c4ccccc4)C[C@@H]3c3ccc(Cl)cc3)=NC2=O)c1. The summed E-state index contributed by atoms with van der Waals surface area (Å²) in [6, 6.07) is 23.4. The number of Topliss-reactive ketones (excluding diaryl/α,β-unsaturated/α-hetero) is 1. The average molecular weight is 502 g/mol. The lowest BCUT2D eigenvalue weighted by Crippen LogP contribution is -2.24. The molecule has 176 valence electrons. The van der Waals surface area contributed by atoms with E-state index in [0.29, 0.717) is 22.2 Å². The fourth-order valence-corrected chi connectivity index (χ4v) is 5.54. The second kappa shape index (κ2) is 9.80. The molecule has 7 heteroatoms. The third-order valence-corrected chi connectivity index (χ3v) is 7.66. The predicted octanol–water partition coefficient (Wildman–Crippen LogP) is 6.38. The normalized spacial score (nSPS) is 19.6. The Hall–Kier alpha value is -3.22. The molecule has 2 aliphatic rings. The smallest absolute Gasteiger partial charge is 0.262 e. The van der Waals surface area contributed by atoms with Crippen molar-refractivity contribution in [2.75, 3.05) is 0 Å². The Kier molecular flexibility index (Phi) is 6.58. The lowest BCUT2D eigenvalue weighted by molar-refractivity contribution is -0.117. The van der Waals surface area contributed by atoms with Crippen LogP contribution >= 0.6 is 23.4 Å². The second-order valence-electron chi connectivity index (χ2n) is 8.81. The summed E-state index contributed by atoms with van der Waals surface area (Å²) in [5.74, 6) is -0.334. The van der Waals surface area contributed by atoms with Gasteiger partial charge in [0.15, 0.2) is 11.0 Å². The van der Waals surface area contributed by atoms with Gasteiger partial charge in [-0.15, -0.1) is 0 Å². The van der Waals surface area contributed by atoms with Crippen LogP contribution in [0.5, 0.6) is 0 Å². The van der Waals surface area contributed by atoms with Gasteiger partial charge in [0.05, 0.1) is 11.8 Å². The van der Waals surface area contributed by atoms with Crippen molar-refractivity contribution >= 4 is 45.9 Å². The molecule has 0 aromatic heterocycles. The summed E-state index contributed by atoms with van der Waals surface area (Å²) in [7, 11) is 0. The van der Waals surface area contributed by atoms with Crippen LogP contribution in [0.2, 0.25) is 5.02 Å². The molecule has 0 fully saturated rings. The highest BCUT2D eigenvalue weighted by atomic mass is 35.5. The molecule has 2 atom stereocenters. The fourth-order valence-electron chi connectivity index (χ4n) is 4.36. The molecule has 0 saturated heterocycles. The van der Waals surface area contributed by atoms with Crippen LogP contribution in [0, 0.1) is 13.8 Å². The zero-order valence-electron chi connectivity index (χ0n) is 19.4. The van der Waals surface area contributed by atoms with Crippen LogP contribution in [0.1, 0.15) is 51.5 Å². The number of aliphatic imine (C=N–C) groups is 1. The molecule has 0 aliphatic carbocycles. The van der Waals surface area contributed by atoms with Crippen molar-refractivity contribution in [1.82, 2.24) is 5.01 Å². The second-order valence-corrected chi connectivity index (χ2v) is 10.4. The summed E-state index contributed by atoms with van der Waals surface area (Å²) in [6.07, 6.45) is 0.779. The van der Waals surface area contributed by atoms with E-state index >= 15 is 0 Å². The minimum Gasteiger partial charge on any atom is -0.294 e. The molecule has 2 heterocycles. The third-order valence-electron chi connectivity index (χ3n) is 6.26. The van der Waals surface area contributed by atoms with E-state index in [1.54, 1.807) is 0 Å². The van der Waals surface area contributed by atoms with Crippen molar-refractivity contribution in [3.05, 3.63) is 106 Å². The molecular formula is C28H24ClN3O2S. The zero-order valence-corrected chi connectivity index (χ0v) is 21.0. The maximum absolute atomic E-state index is 13.0. The van der Waals surface area contributed by atoms with Crippen molar-refractivity contribution < 1.29 is 9.59 Å². The number of thioether (sulfide) groups is 1. The molecule has 1 amide bonds. The number of benzene rings is 3. The van der Waals surface area contributed by atoms with Gasteiger partial charge >= 0.3 is 0 Å². The fraction of sp³-hybridized carbons (Fsp3) is 0.214. The molecule has 0 N–H and O–H groups in total. The minimum atomic E-state index is -0.556. The van der Waals surface area contributed by atoms with E-state index in [1.165, 1.54) is 11.8 Å². The molecular weight excluding hydrogens is 478 g/mol. The van der Waals surface area contributed by atoms with Crippen LogP contribution in [0.4, 0.5) is 0 Å². The number of carbonyl (C=O) groups excluding carboxylic acids is 2. The summed E-state index contributed by atoms with van der Waals surface area (Å²) < 4.78 is 0. The Balaban J connectivity index is 1.40. The van der Waals surface area contributed by atoms with Crippen LogP contribution in [-0.4, -0.2) is 32.8 Å². The number of nitrogens with zero attached hydrogens (tertiary/aromatic N) is 3. The number of carbonyl (C=O) groups is 2. The first-order valence-corrected chi connectivity index (χ1v) is 12.7. The molecule has 3 aromatic carbocycles. The minimum absolute atomic E-state index is 0.0438. The first kappa shape index (κ1) is 23.5. The van der Waals surface area contributed by atoms with E-state index in [2.05, 4.69) is 4.99 Å². The van der Waals surface area contributed by atoms with Gasteiger partial charge in [0.2, 0.25) is 0 Å². The number of hydrazone groups is 1. The molecule has 0 unspecified atom stereocenters. The van der Waals surface area contributed by atoms with Gasteiger partial charge in [0.1, 0.15) is 5.25 Å². The van der Waals surface area contributed by atoms with Crippen LogP contribution in [0.25, 0.3) is 0 Å². The van der Waals surface area contributed by atoms with Crippen molar-refractivity contribution in [2.24, 2.45) is 10.1 Å². The lowest BCUT2D eigenvalue weighted by Gasteiger charge is -2.23. The van der Waals surface area contributed by atoms with E-state index < -0.39 is 5.25 Å². The van der Waals surface area contributed by atoms with Crippen molar-refractivity contribution in [1.29, 1.82) is 0 Å². The summed E-state index contributed by atoms with van der Waals surface area (Å²) in [6.45, 7) is 3.87. The number of amidine groups is 1. The highest BCUT2D eigenvalue weighted by molar-refractivity contribution is 8.15. The molecule has 5 nitrogen and oxygen atoms in total. The van der Waals surface area contributed by atoms with Gasteiger partial charge in [-0.3, -0.25) is 9.59 Å². The number of hydrogen-bond acceptors (Lipinski definition) is 5. The van der Waals surface area contributed by atoms with Gasteiger partial charge < -0.3 is 0 Å². The summed E-state index contributed by atoms with van der Waals surface area (Å²) >= 11 is 7.44. The molecule has 0 spiro atoms. The van der Waals surface area contributed by atoms with Crippen molar-refractivity contribution in [3.63, 3.8) is 0 Å². The van der Waals surface area contributed by atoms with Gasteiger partial charge in [-0.1, -0.05) is 83.5 Å². The standard InChI is InChI=1S/C28H24ClN3O2S/c1-17-8-9-18(2)22(14-17)25(33)16-26-27(34)30-28(35-26)32-24(20-10-12-21(29)13-11-20)15-23(31-32)19-6-4-3-5-7-19/h3-14,24,26H,15-16H2,1-2H3/t24-,26+/m1/s1. The zero-order chi connectivity index (χ0) is 24.5. The Morgan fingerprint density at radius 2 is 1.80 bits per heavy atom. The lowest BCUT2D eigenvalue weighted by atomic mass is 9.99. The first-order valence-electron chi connectivity index (χ1n) is 11.5. The maximum atomic E-state index is 13.0. The summed E-state index contributed by atoms with van der Waals surface area (Å²) in [4.78, 5) is 30.2. The molecule has 0 bridgehead atoms.